The maximum absolute atomic E-state index is 13.4. The van der Waals surface area contributed by atoms with Crippen molar-refractivity contribution in [2.45, 2.75) is 19.9 Å². The number of nitrogens with two attached hydrogens (primary N) is 1. The molecule has 0 aliphatic carbocycles. The van der Waals surface area contributed by atoms with E-state index < -0.39 is 23.6 Å². The summed E-state index contributed by atoms with van der Waals surface area (Å²) in [6, 6.07) is 2.44. The Hall–Kier alpha value is -3.47. The van der Waals surface area contributed by atoms with Gasteiger partial charge in [-0.1, -0.05) is 5.92 Å². The summed E-state index contributed by atoms with van der Waals surface area (Å²) < 4.78 is 26.8. The molecule has 26 heavy (non-hydrogen) atoms. The van der Waals surface area contributed by atoms with Gasteiger partial charge in [0, 0.05) is 6.07 Å². The zero-order chi connectivity index (χ0) is 18.8. The molecule has 0 aliphatic heterocycles. The first-order chi connectivity index (χ1) is 12.4. The van der Waals surface area contributed by atoms with Crippen molar-refractivity contribution < 1.29 is 13.6 Å². The van der Waals surface area contributed by atoms with Crippen LogP contribution in [0.2, 0.25) is 0 Å². The number of nitrogens with zero attached hydrogens (tertiary/aromatic N) is 2. The molecule has 0 bridgehead atoms. The molecule has 0 spiro atoms. The molecule has 0 fully saturated rings. The second-order valence-corrected chi connectivity index (χ2v) is 5.63. The van der Waals surface area contributed by atoms with Crippen LogP contribution in [0.25, 0.3) is 11.0 Å². The van der Waals surface area contributed by atoms with E-state index in [1.807, 2.05) is 0 Å². The van der Waals surface area contributed by atoms with Crippen LogP contribution in [0.5, 0.6) is 0 Å². The molecular weight excluding hydrogens is 340 g/mol. The van der Waals surface area contributed by atoms with E-state index in [4.69, 9.17) is 5.73 Å². The van der Waals surface area contributed by atoms with Crippen LogP contribution in [-0.2, 0) is 0 Å². The average molecular weight is 355 g/mol. The highest BCUT2D eigenvalue weighted by atomic mass is 19.1. The molecule has 3 rings (SSSR count). The Morgan fingerprint density at radius 3 is 2.62 bits per heavy atom. The number of fused-ring (bicyclic) bond motifs is 1. The van der Waals surface area contributed by atoms with E-state index in [1.54, 1.807) is 13.8 Å². The number of amides is 1. The molecule has 0 radical (unpaired) electrons. The Morgan fingerprint density at radius 1 is 1.27 bits per heavy atom. The van der Waals surface area contributed by atoms with E-state index in [0.29, 0.717) is 22.3 Å². The van der Waals surface area contributed by atoms with Gasteiger partial charge in [0.2, 0.25) is 0 Å². The van der Waals surface area contributed by atoms with Gasteiger partial charge in [0.25, 0.3) is 5.91 Å². The van der Waals surface area contributed by atoms with Gasteiger partial charge in [0.05, 0.1) is 17.0 Å². The summed E-state index contributed by atoms with van der Waals surface area (Å²) in [5, 5.41) is 3.05. The summed E-state index contributed by atoms with van der Waals surface area (Å²) in [5.74, 6) is 3.69. The Balaban J connectivity index is 2.01. The molecule has 3 aromatic rings. The van der Waals surface area contributed by atoms with Crippen LogP contribution < -0.4 is 11.1 Å². The fourth-order valence-corrected chi connectivity index (χ4v) is 2.67. The van der Waals surface area contributed by atoms with Crippen LogP contribution in [-0.4, -0.2) is 20.9 Å². The van der Waals surface area contributed by atoms with Gasteiger partial charge < -0.3 is 16.0 Å². The van der Waals surface area contributed by atoms with Crippen molar-refractivity contribution in [2.24, 2.45) is 0 Å². The molecule has 6 nitrogen and oxygen atoms in total. The number of carbonyl (C=O) groups excluding carboxylic acids is 1. The molecule has 0 saturated heterocycles. The molecule has 0 saturated carbocycles. The number of hydrogen-bond donors (Lipinski definition) is 3. The van der Waals surface area contributed by atoms with Crippen molar-refractivity contribution in [1.29, 1.82) is 0 Å². The highest BCUT2D eigenvalue weighted by Crippen LogP contribution is 2.25. The molecule has 2 heterocycles. The molecule has 1 amide bonds. The minimum absolute atomic E-state index is 0.130. The van der Waals surface area contributed by atoms with Crippen LogP contribution in [0.15, 0.2) is 24.5 Å². The third kappa shape index (κ3) is 3.19. The molecule has 1 aromatic carbocycles. The van der Waals surface area contributed by atoms with Gasteiger partial charge in [0.15, 0.2) is 0 Å². The number of aromatic amines is 1. The quantitative estimate of drug-likeness (QED) is 0.629. The number of nitrogens with one attached hydrogen (secondary N) is 2. The standard InChI is InChI=1S/C18H15F2N5O/c1-3-4-13-14(15-16(21)22-8-23-17(15)25-13)18(26)24-9(2)10-5-11(19)7-12(20)6-10/h5-9H,1-2H3,(H,24,26)(H3,21,22,23,25)/t9-/m1/s1. The molecule has 1 atom stereocenters. The predicted octanol–water partition coefficient (Wildman–Crippen LogP) is 2.68. The monoisotopic (exact) mass is 355 g/mol. The highest BCUT2D eigenvalue weighted by molar-refractivity contribution is 6.11. The van der Waals surface area contributed by atoms with E-state index >= 15 is 0 Å². The lowest BCUT2D eigenvalue weighted by Crippen LogP contribution is -2.27. The largest absolute Gasteiger partial charge is 0.383 e. The fourth-order valence-electron chi connectivity index (χ4n) is 2.67. The van der Waals surface area contributed by atoms with Gasteiger partial charge >= 0.3 is 0 Å². The number of benzene rings is 1. The Labute approximate surface area is 147 Å². The lowest BCUT2D eigenvalue weighted by atomic mass is 10.1. The second-order valence-electron chi connectivity index (χ2n) is 5.63. The zero-order valence-electron chi connectivity index (χ0n) is 14.0. The number of halogens is 2. The number of hydrogen-bond acceptors (Lipinski definition) is 4. The molecule has 8 heteroatoms. The first kappa shape index (κ1) is 17.4. The van der Waals surface area contributed by atoms with Crippen molar-refractivity contribution in [3.8, 4) is 11.8 Å². The van der Waals surface area contributed by atoms with Crippen LogP contribution in [0, 0.1) is 23.5 Å². The number of rotatable bonds is 3. The number of carbonyl (C=O) groups is 1. The summed E-state index contributed by atoms with van der Waals surface area (Å²) in [4.78, 5) is 23.7. The lowest BCUT2D eigenvalue weighted by molar-refractivity contribution is 0.0941. The first-order valence-electron chi connectivity index (χ1n) is 7.72. The number of aromatic nitrogens is 3. The Kier molecular flexibility index (Phi) is 4.54. The topological polar surface area (TPSA) is 96.7 Å². The summed E-state index contributed by atoms with van der Waals surface area (Å²) in [6.45, 7) is 3.24. The van der Waals surface area contributed by atoms with Crippen molar-refractivity contribution in [2.75, 3.05) is 5.73 Å². The number of nitrogen functional groups attached to an aromatic ring is 1. The van der Waals surface area contributed by atoms with Crippen LogP contribution in [0.1, 0.15) is 41.5 Å². The van der Waals surface area contributed by atoms with E-state index in [2.05, 4.69) is 32.1 Å². The van der Waals surface area contributed by atoms with Gasteiger partial charge in [-0.05, 0) is 37.5 Å². The fraction of sp³-hybridized carbons (Fsp3) is 0.167. The minimum atomic E-state index is -0.719. The molecule has 0 aliphatic rings. The summed E-state index contributed by atoms with van der Waals surface area (Å²) in [6.07, 6.45) is 1.27. The Bertz CT molecular complexity index is 1040. The molecule has 2 aromatic heterocycles. The van der Waals surface area contributed by atoms with Crippen molar-refractivity contribution in [3.05, 3.63) is 53.0 Å². The van der Waals surface area contributed by atoms with Gasteiger partial charge in [0.1, 0.15) is 35.1 Å². The summed E-state index contributed by atoms with van der Waals surface area (Å²) >= 11 is 0. The maximum atomic E-state index is 13.4. The van der Waals surface area contributed by atoms with Crippen molar-refractivity contribution in [1.82, 2.24) is 20.3 Å². The van der Waals surface area contributed by atoms with Crippen LogP contribution in [0.4, 0.5) is 14.6 Å². The van der Waals surface area contributed by atoms with E-state index in [1.165, 1.54) is 6.33 Å². The molecule has 0 unspecified atom stereocenters. The lowest BCUT2D eigenvalue weighted by Gasteiger charge is -2.15. The SMILES string of the molecule is CC#Cc1[nH]c2ncnc(N)c2c1C(=O)N[C@H](C)c1cc(F)cc(F)c1. The van der Waals surface area contributed by atoms with Gasteiger partial charge in [-0.3, -0.25) is 4.79 Å². The van der Waals surface area contributed by atoms with Crippen molar-refractivity contribution >= 4 is 22.8 Å². The highest BCUT2D eigenvalue weighted by Gasteiger charge is 2.22. The normalized spacial score (nSPS) is 11.7. The Morgan fingerprint density at radius 2 is 1.96 bits per heavy atom. The van der Waals surface area contributed by atoms with Crippen molar-refractivity contribution in [3.63, 3.8) is 0 Å². The summed E-state index contributed by atoms with van der Waals surface area (Å²) in [7, 11) is 0. The van der Waals surface area contributed by atoms with E-state index in [9.17, 15) is 13.6 Å². The first-order valence-corrected chi connectivity index (χ1v) is 7.72. The maximum Gasteiger partial charge on any atom is 0.255 e. The molecule has 132 valence electrons. The number of H-pyrrole nitrogens is 1. The predicted molar refractivity (Wildman–Crippen MR) is 93.1 cm³/mol. The second kappa shape index (κ2) is 6.80. The van der Waals surface area contributed by atoms with Gasteiger partial charge in [-0.2, -0.15) is 0 Å². The third-order valence-corrected chi connectivity index (χ3v) is 3.83. The van der Waals surface area contributed by atoms with Crippen LogP contribution >= 0.6 is 0 Å². The van der Waals surface area contributed by atoms with E-state index in [-0.39, 0.29) is 11.4 Å². The van der Waals surface area contributed by atoms with Gasteiger partial charge in [-0.15, -0.1) is 0 Å². The third-order valence-electron chi connectivity index (χ3n) is 3.83. The smallest absolute Gasteiger partial charge is 0.255 e. The van der Waals surface area contributed by atoms with Crippen LogP contribution in [0.3, 0.4) is 0 Å². The van der Waals surface area contributed by atoms with E-state index in [0.717, 1.165) is 18.2 Å². The number of anilines is 1. The minimum Gasteiger partial charge on any atom is -0.383 e. The zero-order valence-corrected chi connectivity index (χ0v) is 14.0. The molecule has 4 N–H and O–H groups in total. The molecular formula is C18H15F2N5O. The summed E-state index contributed by atoms with van der Waals surface area (Å²) in [5.41, 5.74) is 7.09. The average Bonchev–Trinajstić information content (AvgIpc) is 2.94. The van der Waals surface area contributed by atoms with Gasteiger partial charge in [-0.25, -0.2) is 18.7 Å².